The van der Waals surface area contributed by atoms with E-state index in [0.29, 0.717) is 23.8 Å². The van der Waals surface area contributed by atoms with Crippen LogP contribution in [-0.2, 0) is 13.1 Å². The molecule has 0 aliphatic heterocycles. The van der Waals surface area contributed by atoms with E-state index in [2.05, 4.69) is 34.6 Å². The second-order valence-corrected chi connectivity index (χ2v) is 5.45. The molecule has 0 aliphatic rings. The van der Waals surface area contributed by atoms with Gasteiger partial charge in [0.1, 0.15) is 0 Å². The average Bonchev–Trinajstić information content (AvgIpc) is 3.10. The van der Waals surface area contributed by atoms with Crippen LogP contribution in [0.3, 0.4) is 0 Å². The van der Waals surface area contributed by atoms with Crippen LogP contribution in [0.2, 0.25) is 0 Å². The molecule has 0 spiro atoms. The van der Waals surface area contributed by atoms with E-state index in [9.17, 15) is 0 Å². The second kappa shape index (κ2) is 7.27. The van der Waals surface area contributed by atoms with Gasteiger partial charge in [-0.15, -0.1) is 0 Å². The molecule has 126 valence electrons. The first-order valence-electron chi connectivity index (χ1n) is 7.82. The highest BCUT2D eigenvalue weighted by Gasteiger charge is 2.15. The van der Waals surface area contributed by atoms with Gasteiger partial charge < -0.3 is 24.5 Å². The maximum Gasteiger partial charge on any atom is 0.203 e. The van der Waals surface area contributed by atoms with Crippen molar-refractivity contribution in [1.29, 1.82) is 0 Å². The number of aromatic nitrogens is 1. The topological polar surface area (TPSA) is 55.5 Å². The van der Waals surface area contributed by atoms with Crippen LogP contribution < -0.4 is 19.5 Å². The summed E-state index contributed by atoms with van der Waals surface area (Å²) in [5.74, 6) is 1.98. The predicted molar refractivity (Wildman–Crippen MR) is 94.9 cm³/mol. The number of aromatic amines is 1. The number of rotatable bonds is 7. The van der Waals surface area contributed by atoms with Crippen molar-refractivity contribution in [3.8, 4) is 17.2 Å². The van der Waals surface area contributed by atoms with Crippen LogP contribution in [0.5, 0.6) is 17.2 Å². The molecule has 0 bridgehead atoms. The van der Waals surface area contributed by atoms with Gasteiger partial charge in [0.25, 0.3) is 0 Å². The Hall–Kier alpha value is -2.66. The fourth-order valence-electron chi connectivity index (χ4n) is 2.94. The van der Waals surface area contributed by atoms with Gasteiger partial charge in [0, 0.05) is 35.8 Å². The Kier molecular flexibility index (Phi) is 4.91. The SMILES string of the molecule is COc1ccc(CNCc2cccc3[nH]ccc23)c(OC)c1OC. The molecule has 5 heteroatoms. The van der Waals surface area contributed by atoms with E-state index in [4.69, 9.17) is 14.2 Å². The van der Waals surface area contributed by atoms with Crippen molar-refractivity contribution >= 4 is 10.9 Å². The lowest BCUT2D eigenvalue weighted by Crippen LogP contribution is -2.14. The van der Waals surface area contributed by atoms with Crippen LogP contribution in [0.15, 0.2) is 42.6 Å². The van der Waals surface area contributed by atoms with Gasteiger partial charge in [-0.2, -0.15) is 0 Å². The van der Waals surface area contributed by atoms with Crippen molar-refractivity contribution < 1.29 is 14.2 Å². The average molecular weight is 326 g/mol. The van der Waals surface area contributed by atoms with Gasteiger partial charge in [-0.25, -0.2) is 0 Å². The van der Waals surface area contributed by atoms with Gasteiger partial charge in [-0.1, -0.05) is 18.2 Å². The fourth-order valence-corrected chi connectivity index (χ4v) is 2.94. The molecule has 1 heterocycles. The van der Waals surface area contributed by atoms with Gasteiger partial charge in [0.15, 0.2) is 11.5 Å². The third kappa shape index (κ3) is 3.03. The number of benzene rings is 2. The Morgan fingerprint density at radius 3 is 2.38 bits per heavy atom. The zero-order chi connectivity index (χ0) is 16.9. The van der Waals surface area contributed by atoms with Crippen LogP contribution >= 0.6 is 0 Å². The lowest BCUT2D eigenvalue weighted by molar-refractivity contribution is 0.321. The first-order chi connectivity index (χ1) is 11.8. The van der Waals surface area contributed by atoms with Crippen LogP contribution in [0.25, 0.3) is 10.9 Å². The van der Waals surface area contributed by atoms with E-state index in [1.165, 1.54) is 10.9 Å². The van der Waals surface area contributed by atoms with Crippen molar-refractivity contribution in [2.45, 2.75) is 13.1 Å². The van der Waals surface area contributed by atoms with E-state index in [1.807, 2.05) is 18.3 Å². The highest BCUT2D eigenvalue weighted by atomic mass is 16.5. The molecule has 3 rings (SSSR count). The van der Waals surface area contributed by atoms with E-state index < -0.39 is 0 Å². The first kappa shape index (κ1) is 16.2. The summed E-state index contributed by atoms with van der Waals surface area (Å²) < 4.78 is 16.3. The van der Waals surface area contributed by atoms with Crippen LogP contribution in [-0.4, -0.2) is 26.3 Å². The third-order valence-corrected chi connectivity index (χ3v) is 4.10. The van der Waals surface area contributed by atoms with Crippen molar-refractivity contribution in [2.24, 2.45) is 0 Å². The molecule has 0 aliphatic carbocycles. The van der Waals surface area contributed by atoms with Gasteiger partial charge in [0.2, 0.25) is 5.75 Å². The fraction of sp³-hybridized carbons (Fsp3) is 0.263. The minimum atomic E-state index is 0.618. The van der Waals surface area contributed by atoms with Crippen LogP contribution in [0.4, 0.5) is 0 Å². The van der Waals surface area contributed by atoms with Crippen molar-refractivity contribution in [2.75, 3.05) is 21.3 Å². The number of methoxy groups -OCH3 is 3. The summed E-state index contributed by atoms with van der Waals surface area (Å²) in [6, 6.07) is 12.3. The zero-order valence-electron chi connectivity index (χ0n) is 14.2. The molecule has 1 aromatic heterocycles. The molecular weight excluding hydrogens is 304 g/mol. The van der Waals surface area contributed by atoms with E-state index in [0.717, 1.165) is 17.6 Å². The normalized spacial score (nSPS) is 10.8. The maximum absolute atomic E-state index is 5.52. The number of ether oxygens (including phenoxy) is 3. The summed E-state index contributed by atoms with van der Waals surface area (Å²) in [5.41, 5.74) is 3.43. The standard InChI is InChI=1S/C19H22N2O3/c1-22-17-8-7-14(18(23-2)19(17)24-3)12-20-11-13-5-4-6-16-15(13)9-10-21-16/h4-10,20-21H,11-12H2,1-3H3. The highest BCUT2D eigenvalue weighted by molar-refractivity contribution is 5.82. The van der Waals surface area contributed by atoms with E-state index >= 15 is 0 Å². The predicted octanol–water partition coefficient (Wildman–Crippen LogP) is 3.48. The van der Waals surface area contributed by atoms with Crippen molar-refractivity contribution in [3.05, 3.63) is 53.7 Å². The summed E-state index contributed by atoms with van der Waals surface area (Å²) in [6.45, 7) is 1.44. The molecule has 0 saturated heterocycles. The van der Waals surface area contributed by atoms with Crippen LogP contribution in [0.1, 0.15) is 11.1 Å². The molecule has 5 nitrogen and oxygen atoms in total. The molecule has 0 atom stereocenters. The number of H-pyrrole nitrogens is 1. The molecule has 2 N–H and O–H groups in total. The van der Waals surface area contributed by atoms with Crippen molar-refractivity contribution in [3.63, 3.8) is 0 Å². The van der Waals surface area contributed by atoms with Gasteiger partial charge in [-0.05, 0) is 23.8 Å². The summed E-state index contributed by atoms with van der Waals surface area (Å²) in [6.07, 6.45) is 1.96. The van der Waals surface area contributed by atoms with E-state index in [-0.39, 0.29) is 0 Å². The van der Waals surface area contributed by atoms with Gasteiger partial charge in [0.05, 0.1) is 21.3 Å². The molecule has 0 unspecified atom stereocenters. The quantitative estimate of drug-likeness (QED) is 0.698. The molecule has 0 saturated carbocycles. The lowest BCUT2D eigenvalue weighted by atomic mass is 10.1. The number of hydrogen-bond acceptors (Lipinski definition) is 4. The third-order valence-electron chi connectivity index (χ3n) is 4.10. The Morgan fingerprint density at radius 2 is 1.62 bits per heavy atom. The molecule has 0 fully saturated rings. The molecule has 24 heavy (non-hydrogen) atoms. The van der Waals surface area contributed by atoms with Crippen LogP contribution in [0, 0.1) is 0 Å². The minimum Gasteiger partial charge on any atom is -0.493 e. The summed E-state index contributed by atoms with van der Waals surface area (Å²) in [7, 11) is 4.87. The Balaban J connectivity index is 1.76. The summed E-state index contributed by atoms with van der Waals surface area (Å²) in [4.78, 5) is 3.24. The second-order valence-electron chi connectivity index (χ2n) is 5.45. The maximum atomic E-state index is 5.52. The largest absolute Gasteiger partial charge is 0.493 e. The summed E-state index contributed by atoms with van der Waals surface area (Å²) >= 11 is 0. The molecule has 0 amide bonds. The van der Waals surface area contributed by atoms with Gasteiger partial charge in [-0.3, -0.25) is 0 Å². The summed E-state index contributed by atoms with van der Waals surface area (Å²) in [5, 5.41) is 4.71. The number of hydrogen-bond donors (Lipinski definition) is 2. The highest BCUT2D eigenvalue weighted by Crippen LogP contribution is 2.39. The smallest absolute Gasteiger partial charge is 0.203 e. The number of fused-ring (bicyclic) bond motifs is 1. The Labute approximate surface area is 141 Å². The molecule has 2 aromatic carbocycles. The number of nitrogens with one attached hydrogen (secondary N) is 2. The lowest BCUT2D eigenvalue weighted by Gasteiger charge is -2.16. The van der Waals surface area contributed by atoms with E-state index in [1.54, 1.807) is 21.3 Å². The Morgan fingerprint density at radius 1 is 0.833 bits per heavy atom. The van der Waals surface area contributed by atoms with Crippen molar-refractivity contribution in [1.82, 2.24) is 10.3 Å². The van der Waals surface area contributed by atoms with Gasteiger partial charge >= 0.3 is 0 Å². The zero-order valence-corrected chi connectivity index (χ0v) is 14.2. The molecule has 0 radical (unpaired) electrons. The molecular formula is C19H22N2O3. The molecule has 3 aromatic rings. The Bertz CT molecular complexity index is 827. The first-order valence-corrected chi connectivity index (χ1v) is 7.82. The monoisotopic (exact) mass is 326 g/mol. The minimum absolute atomic E-state index is 0.618.